The molecule has 2 aliphatic rings. The molecule has 1 heterocycles. The van der Waals surface area contributed by atoms with Crippen molar-refractivity contribution >= 4 is 17.7 Å². The second-order valence-electron chi connectivity index (χ2n) is 5.54. The predicted octanol–water partition coefficient (Wildman–Crippen LogP) is 0.487. The highest BCUT2D eigenvalue weighted by molar-refractivity contribution is 5.90. The minimum Gasteiger partial charge on any atom is -0.481 e. The standard InChI is InChI=1S/C13H16N4O3/c14-12(18)8-3-4-9(17-16-8)15-11-7-2-1-6(5-7)10(11)13(19)20/h3-4,6-7,10-11H,1-2,5H2,(H2,14,18)(H,15,17)(H,19,20). The van der Waals surface area contributed by atoms with Crippen LogP contribution in [0.2, 0.25) is 0 Å². The molecule has 2 saturated carbocycles. The number of hydrogen-bond donors (Lipinski definition) is 3. The van der Waals surface area contributed by atoms with E-state index in [1.807, 2.05) is 0 Å². The third-order valence-corrected chi connectivity index (χ3v) is 4.43. The van der Waals surface area contributed by atoms with Crippen molar-refractivity contribution in [2.24, 2.45) is 23.5 Å². The maximum Gasteiger partial charge on any atom is 0.308 e. The molecule has 7 heteroatoms. The fraction of sp³-hybridized carbons (Fsp3) is 0.538. The van der Waals surface area contributed by atoms with Crippen molar-refractivity contribution in [3.8, 4) is 0 Å². The second kappa shape index (κ2) is 4.73. The van der Waals surface area contributed by atoms with Crippen molar-refractivity contribution in [1.82, 2.24) is 10.2 Å². The smallest absolute Gasteiger partial charge is 0.308 e. The molecule has 0 saturated heterocycles. The Balaban J connectivity index is 1.76. The highest BCUT2D eigenvalue weighted by Gasteiger charge is 2.51. The number of fused-ring (bicyclic) bond motifs is 2. The molecule has 1 aromatic rings. The van der Waals surface area contributed by atoms with E-state index in [-0.39, 0.29) is 23.6 Å². The number of amides is 1. The van der Waals surface area contributed by atoms with Crippen LogP contribution >= 0.6 is 0 Å². The van der Waals surface area contributed by atoms with E-state index in [9.17, 15) is 14.7 Å². The number of rotatable bonds is 4. The van der Waals surface area contributed by atoms with Gasteiger partial charge in [-0.05, 0) is 43.2 Å². The first kappa shape index (κ1) is 12.8. The summed E-state index contributed by atoms with van der Waals surface area (Å²) >= 11 is 0. The Kier molecular flexibility index (Phi) is 3.04. The Bertz CT molecular complexity index is 545. The summed E-state index contributed by atoms with van der Waals surface area (Å²) in [7, 11) is 0. The molecule has 4 unspecified atom stereocenters. The van der Waals surface area contributed by atoms with Crippen LogP contribution in [0, 0.1) is 17.8 Å². The Hall–Kier alpha value is -2.18. The van der Waals surface area contributed by atoms with Gasteiger partial charge in [-0.1, -0.05) is 0 Å². The van der Waals surface area contributed by atoms with Gasteiger partial charge in [0, 0.05) is 6.04 Å². The topological polar surface area (TPSA) is 118 Å². The number of carboxylic acids is 1. The van der Waals surface area contributed by atoms with Crippen molar-refractivity contribution in [3.63, 3.8) is 0 Å². The van der Waals surface area contributed by atoms with Gasteiger partial charge in [0.15, 0.2) is 5.69 Å². The summed E-state index contributed by atoms with van der Waals surface area (Å²) in [6, 6.07) is 2.98. The van der Waals surface area contributed by atoms with Crippen molar-refractivity contribution in [1.29, 1.82) is 0 Å². The number of nitrogens with two attached hydrogens (primary N) is 1. The van der Waals surface area contributed by atoms with E-state index in [1.54, 1.807) is 6.07 Å². The fourth-order valence-corrected chi connectivity index (χ4v) is 3.57. The normalized spacial score (nSPS) is 31.2. The van der Waals surface area contributed by atoms with Gasteiger partial charge in [0.1, 0.15) is 5.82 Å². The van der Waals surface area contributed by atoms with Gasteiger partial charge in [0.2, 0.25) is 0 Å². The Labute approximate surface area is 115 Å². The van der Waals surface area contributed by atoms with E-state index in [2.05, 4.69) is 15.5 Å². The van der Waals surface area contributed by atoms with Gasteiger partial charge in [0.25, 0.3) is 5.91 Å². The molecule has 2 aliphatic carbocycles. The second-order valence-corrected chi connectivity index (χ2v) is 5.54. The average Bonchev–Trinajstić information content (AvgIpc) is 3.00. The summed E-state index contributed by atoms with van der Waals surface area (Å²) in [5, 5.41) is 20.1. The predicted molar refractivity (Wildman–Crippen MR) is 69.9 cm³/mol. The Morgan fingerprint density at radius 1 is 1.25 bits per heavy atom. The lowest BCUT2D eigenvalue weighted by Gasteiger charge is -2.29. The molecule has 3 rings (SSSR count). The minimum absolute atomic E-state index is 0.0956. The summed E-state index contributed by atoms with van der Waals surface area (Å²) < 4.78 is 0. The van der Waals surface area contributed by atoms with Crippen LogP contribution in [0.25, 0.3) is 0 Å². The zero-order valence-corrected chi connectivity index (χ0v) is 10.8. The largest absolute Gasteiger partial charge is 0.481 e. The molecular formula is C13H16N4O3. The third-order valence-electron chi connectivity index (χ3n) is 4.43. The van der Waals surface area contributed by atoms with E-state index in [4.69, 9.17) is 5.73 Å². The zero-order valence-electron chi connectivity index (χ0n) is 10.8. The molecule has 4 atom stereocenters. The number of anilines is 1. The monoisotopic (exact) mass is 276 g/mol. The first-order valence-corrected chi connectivity index (χ1v) is 6.69. The lowest BCUT2D eigenvalue weighted by molar-refractivity contribution is -0.143. The molecule has 0 radical (unpaired) electrons. The van der Waals surface area contributed by atoms with Crippen LogP contribution in [-0.4, -0.2) is 33.2 Å². The molecule has 4 N–H and O–H groups in total. The third kappa shape index (κ3) is 2.09. The Morgan fingerprint density at radius 2 is 2.00 bits per heavy atom. The van der Waals surface area contributed by atoms with E-state index < -0.39 is 11.9 Å². The quantitative estimate of drug-likeness (QED) is 0.736. The lowest BCUT2D eigenvalue weighted by Crippen LogP contribution is -2.39. The van der Waals surface area contributed by atoms with Gasteiger partial charge in [-0.15, -0.1) is 10.2 Å². The first-order valence-electron chi connectivity index (χ1n) is 6.69. The fourth-order valence-electron chi connectivity index (χ4n) is 3.57. The van der Waals surface area contributed by atoms with Gasteiger partial charge >= 0.3 is 5.97 Å². The number of primary amides is 1. The molecule has 2 fully saturated rings. The molecule has 1 amide bonds. The number of carbonyl (C=O) groups excluding carboxylic acids is 1. The SMILES string of the molecule is NC(=O)c1ccc(NC2C3CCC(C3)C2C(=O)O)nn1. The van der Waals surface area contributed by atoms with Crippen molar-refractivity contribution < 1.29 is 14.7 Å². The number of carboxylic acid groups (broad SMARTS) is 1. The lowest BCUT2D eigenvalue weighted by atomic mass is 9.84. The molecule has 0 spiro atoms. The van der Waals surface area contributed by atoms with Gasteiger partial charge in [-0.25, -0.2) is 0 Å². The molecule has 106 valence electrons. The van der Waals surface area contributed by atoms with Crippen LogP contribution in [0.15, 0.2) is 12.1 Å². The van der Waals surface area contributed by atoms with Crippen LogP contribution in [0.1, 0.15) is 29.8 Å². The molecule has 0 aliphatic heterocycles. The molecular weight excluding hydrogens is 260 g/mol. The van der Waals surface area contributed by atoms with Crippen LogP contribution in [-0.2, 0) is 4.79 Å². The molecule has 20 heavy (non-hydrogen) atoms. The van der Waals surface area contributed by atoms with E-state index in [0.717, 1.165) is 19.3 Å². The number of nitrogens with zero attached hydrogens (tertiary/aromatic N) is 2. The minimum atomic E-state index is -0.753. The van der Waals surface area contributed by atoms with E-state index in [0.29, 0.717) is 11.7 Å². The molecule has 0 aromatic carbocycles. The Morgan fingerprint density at radius 3 is 2.60 bits per heavy atom. The van der Waals surface area contributed by atoms with Crippen LogP contribution < -0.4 is 11.1 Å². The van der Waals surface area contributed by atoms with Gasteiger partial charge in [-0.3, -0.25) is 9.59 Å². The summed E-state index contributed by atoms with van der Waals surface area (Å²) in [5.41, 5.74) is 5.19. The summed E-state index contributed by atoms with van der Waals surface area (Å²) in [6.45, 7) is 0. The average molecular weight is 276 g/mol. The number of carbonyl (C=O) groups is 2. The van der Waals surface area contributed by atoms with E-state index >= 15 is 0 Å². The van der Waals surface area contributed by atoms with Crippen molar-refractivity contribution in [2.45, 2.75) is 25.3 Å². The number of aliphatic carboxylic acids is 1. The number of nitrogens with one attached hydrogen (secondary N) is 1. The zero-order chi connectivity index (χ0) is 14.3. The van der Waals surface area contributed by atoms with E-state index in [1.165, 1.54) is 6.07 Å². The molecule has 1 aromatic heterocycles. The summed E-state index contributed by atoms with van der Waals surface area (Å²) in [5.74, 6) is -0.638. The summed E-state index contributed by atoms with van der Waals surface area (Å²) in [4.78, 5) is 22.3. The van der Waals surface area contributed by atoms with Crippen LogP contribution in [0.3, 0.4) is 0 Å². The number of aromatic nitrogens is 2. The number of hydrogen-bond acceptors (Lipinski definition) is 5. The molecule has 2 bridgehead atoms. The van der Waals surface area contributed by atoms with Gasteiger partial charge in [0.05, 0.1) is 5.92 Å². The van der Waals surface area contributed by atoms with Crippen LogP contribution in [0.4, 0.5) is 5.82 Å². The molecule has 7 nitrogen and oxygen atoms in total. The highest BCUT2D eigenvalue weighted by Crippen LogP contribution is 2.49. The summed E-state index contributed by atoms with van der Waals surface area (Å²) in [6.07, 6.45) is 3.01. The first-order chi connectivity index (χ1) is 9.56. The highest BCUT2D eigenvalue weighted by atomic mass is 16.4. The van der Waals surface area contributed by atoms with Gasteiger partial charge < -0.3 is 16.2 Å². The van der Waals surface area contributed by atoms with Crippen molar-refractivity contribution in [3.05, 3.63) is 17.8 Å². The van der Waals surface area contributed by atoms with Crippen molar-refractivity contribution in [2.75, 3.05) is 5.32 Å². The maximum atomic E-state index is 11.4. The van der Waals surface area contributed by atoms with Crippen LogP contribution in [0.5, 0.6) is 0 Å². The maximum absolute atomic E-state index is 11.4. The van der Waals surface area contributed by atoms with Gasteiger partial charge in [-0.2, -0.15) is 0 Å².